The maximum Gasteiger partial charge on any atom is 0.243 e. The number of anilines is 1. The van der Waals surface area contributed by atoms with E-state index in [0.717, 1.165) is 16.8 Å². The first kappa shape index (κ1) is 29.5. The van der Waals surface area contributed by atoms with Gasteiger partial charge in [-0.3, -0.25) is 9.69 Å². The molecule has 1 saturated heterocycles. The highest BCUT2D eigenvalue weighted by Gasteiger charge is 2.35. The van der Waals surface area contributed by atoms with Gasteiger partial charge in [0.05, 0.1) is 21.7 Å². The quantitative estimate of drug-likeness (QED) is 0.384. The predicted molar refractivity (Wildman–Crippen MR) is 147 cm³/mol. The van der Waals surface area contributed by atoms with Crippen LogP contribution in [-0.4, -0.2) is 75.9 Å². The maximum absolute atomic E-state index is 13.7. The number of piperidine rings is 1. The van der Waals surface area contributed by atoms with Crippen molar-refractivity contribution in [1.29, 1.82) is 0 Å². The summed E-state index contributed by atoms with van der Waals surface area (Å²) in [6.07, 6.45) is 0.763. The lowest BCUT2D eigenvalue weighted by Gasteiger charge is -2.33. The highest BCUT2D eigenvalue weighted by Crippen LogP contribution is 2.39. The lowest BCUT2D eigenvalue weighted by atomic mass is 9.96. The van der Waals surface area contributed by atoms with Gasteiger partial charge in [-0.15, -0.1) is 12.4 Å². The van der Waals surface area contributed by atoms with E-state index in [4.69, 9.17) is 21.3 Å². The molecule has 0 atom stereocenters. The first-order valence-electron chi connectivity index (χ1n) is 11.5. The summed E-state index contributed by atoms with van der Waals surface area (Å²) >= 11 is 7.73. The molecular formula is C24H29Cl2FN4O4S2. The third-order valence-electron chi connectivity index (χ3n) is 6.19. The lowest BCUT2D eigenvalue weighted by molar-refractivity contribution is -0.123. The smallest absolute Gasteiger partial charge is 0.243 e. The van der Waals surface area contributed by atoms with Crippen molar-refractivity contribution in [2.24, 2.45) is 5.92 Å². The zero-order valence-corrected chi connectivity index (χ0v) is 23.9. The summed E-state index contributed by atoms with van der Waals surface area (Å²) in [5.74, 6) is -0.359. The fraction of sp³-hybridized carbons (Fsp3) is 0.417. The van der Waals surface area contributed by atoms with Gasteiger partial charge in [-0.2, -0.15) is 4.31 Å². The second kappa shape index (κ2) is 12.2. The molecule has 13 heteroatoms. The van der Waals surface area contributed by atoms with E-state index in [2.05, 4.69) is 0 Å². The zero-order chi connectivity index (χ0) is 26.0. The topological polar surface area (TPSA) is 83.0 Å². The van der Waals surface area contributed by atoms with Gasteiger partial charge in [-0.25, -0.2) is 17.8 Å². The summed E-state index contributed by atoms with van der Waals surface area (Å²) < 4.78 is 46.7. The summed E-state index contributed by atoms with van der Waals surface area (Å²) in [6.45, 7) is 1.47. The van der Waals surface area contributed by atoms with E-state index in [1.54, 1.807) is 24.1 Å². The van der Waals surface area contributed by atoms with Gasteiger partial charge in [-0.1, -0.05) is 22.9 Å². The standard InChI is InChI=1S/C24H28ClFN4O4S2.ClH/c1-28(2)14-15-30(24-27-21-20(34-3)9-8-19(25)22(21)35-24)23(31)16-10-12-29(13-11-16)36(32,33)18-6-4-17(26)5-7-18;/h4-9,16H,10-15H2,1-3H3;1H. The van der Waals surface area contributed by atoms with Crippen molar-refractivity contribution in [2.75, 3.05) is 52.3 Å². The lowest BCUT2D eigenvalue weighted by Crippen LogP contribution is -2.46. The monoisotopic (exact) mass is 590 g/mol. The van der Waals surface area contributed by atoms with Crippen LogP contribution in [0.2, 0.25) is 5.02 Å². The fourth-order valence-electron chi connectivity index (χ4n) is 4.14. The number of carbonyl (C=O) groups is 1. The second-order valence-corrected chi connectivity index (χ2v) is 12.2. The zero-order valence-electron chi connectivity index (χ0n) is 20.7. The number of ether oxygens (including phenoxy) is 1. The maximum atomic E-state index is 13.7. The second-order valence-electron chi connectivity index (χ2n) is 8.85. The van der Waals surface area contributed by atoms with E-state index in [9.17, 15) is 17.6 Å². The molecule has 0 radical (unpaired) electrons. The molecular weight excluding hydrogens is 562 g/mol. The van der Waals surface area contributed by atoms with E-state index in [1.807, 2.05) is 19.0 Å². The predicted octanol–water partition coefficient (Wildman–Crippen LogP) is 4.51. The number of methoxy groups -OCH3 is 1. The number of hydrogen-bond donors (Lipinski definition) is 0. The number of carbonyl (C=O) groups excluding carboxylic acids is 1. The minimum atomic E-state index is -3.76. The van der Waals surface area contributed by atoms with E-state index >= 15 is 0 Å². The molecule has 8 nitrogen and oxygen atoms in total. The van der Waals surface area contributed by atoms with Crippen molar-refractivity contribution in [1.82, 2.24) is 14.2 Å². The van der Waals surface area contributed by atoms with Crippen molar-refractivity contribution in [3.05, 3.63) is 47.2 Å². The molecule has 202 valence electrons. The largest absolute Gasteiger partial charge is 0.494 e. The SMILES string of the molecule is COc1ccc(Cl)c2sc(N(CCN(C)C)C(=O)C3CCN(S(=O)(=O)c4ccc(F)cc4)CC3)nc12.Cl. The van der Waals surface area contributed by atoms with Crippen LogP contribution in [0, 0.1) is 11.7 Å². The molecule has 1 amide bonds. The summed E-state index contributed by atoms with van der Waals surface area (Å²) in [5, 5.41) is 1.07. The number of rotatable bonds is 8. The van der Waals surface area contributed by atoms with Crippen LogP contribution >= 0.6 is 35.3 Å². The Bertz CT molecular complexity index is 1340. The van der Waals surface area contributed by atoms with Gasteiger partial charge in [0.15, 0.2) is 5.13 Å². The van der Waals surface area contributed by atoms with Gasteiger partial charge >= 0.3 is 0 Å². The molecule has 0 aliphatic carbocycles. The van der Waals surface area contributed by atoms with E-state index < -0.39 is 15.8 Å². The van der Waals surface area contributed by atoms with Gasteiger partial charge in [0, 0.05) is 32.1 Å². The van der Waals surface area contributed by atoms with Crippen molar-refractivity contribution in [3.8, 4) is 5.75 Å². The Kier molecular flexibility index (Phi) is 9.76. The number of likely N-dealkylation sites (N-methyl/N-ethyl adjacent to an activating group) is 1. The fourth-order valence-corrected chi connectivity index (χ4v) is 6.90. The Morgan fingerprint density at radius 1 is 1.16 bits per heavy atom. The summed E-state index contributed by atoms with van der Waals surface area (Å²) in [5.41, 5.74) is 0.605. The van der Waals surface area contributed by atoms with Crippen LogP contribution < -0.4 is 9.64 Å². The van der Waals surface area contributed by atoms with E-state index in [0.29, 0.717) is 47.4 Å². The molecule has 1 fully saturated rings. The molecule has 1 aliphatic heterocycles. The molecule has 1 aliphatic rings. The Morgan fingerprint density at radius 3 is 2.41 bits per heavy atom. The average Bonchev–Trinajstić information content (AvgIpc) is 3.30. The van der Waals surface area contributed by atoms with Crippen LogP contribution in [0.1, 0.15) is 12.8 Å². The molecule has 0 saturated carbocycles. The molecule has 4 rings (SSSR count). The molecule has 0 spiro atoms. The van der Waals surface area contributed by atoms with Gasteiger partial charge in [0.2, 0.25) is 15.9 Å². The highest BCUT2D eigenvalue weighted by molar-refractivity contribution is 7.89. The average molecular weight is 592 g/mol. The molecule has 2 aromatic carbocycles. The number of benzene rings is 2. The van der Waals surface area contributed by atoms with Crippen LogP contribution in [0.4, 0.5) is 9.52 Å². The molecule has 2 heterocycles. The number of nitrogens with zero attached hydrogens (tertiary/aromatic N) is 4. The number of amides is 1. The van der Waals surface area contributed by atoms with Crippen molar-refractivity contribution >= 4 is 66.6 Å². The highest BCUT2D eigenvalue weighted by atomic mass is 35.5. The van der Waals surface area contributed by atoms with E-state index in [-0.39, 0.29) is 42.2 Å². The first-order valence-corrected chi connectivity index (χ1v) is 14.1. The van der Waals surface area contributed by atoms with Gasteiger partial charge < -0.3 is 9.64 Å². The third kappa shape index (κ3) is 6.35. The van der Waals surface area contributed by atoms with Crippen molar-refractivity contribution in [3.63, 3.8) is 0 Å². The normalized spacial score (nSPS) is 15.1. The van der Waals surface area contributed by atoms with Gasteiger partial charge in [0.1, 0.15) is 17.1 Å². The molecule has 3 aromatic rings. The Balaban J connectivity index is 0.00000380. The summed E-state index contributed by atoms with van der Waals surface area (Å²) in [7, 11) is 1.67. The number of halogens is 3. The summed E-state index contributed by atoms with van der Waals surface area (Å²) in [6, 6.07) is 8.27. The van der Waals surface area contributed by atoms with Crippen LogP contribution in [0.15, 0.2) is 41.3 Å². The van der Waals surface area contributed by atoms with Crippen LogP contribution in [-0.2, 0) is 14.8 Å². The minimum absolute atomic E-state index is 0. The van der Waals surface area contributed by atoms with Crippen LogP contribution in [0.5, 0.6) is 5.75 Å². The van der Waals surface area contributed by atoms with Gasteiger partial charge in [-0.05, 0) is 63.3 Å². The van der Waals surface area contributed by atoms with Crippen LogP contribution in [0.25, 0.3) is 10.2 Å². The van der Waals surface area contributed by atoms with Crippen LogP contribution in [0.3, 0.4) is 0 Å². The number of fused-ring (bicyclic) bond motifs is 1. The van der Waals surface area contributed by atoms with Crippen molar-refractivity contribution in [2.45, 2.75) is 17.7 Å². The Morgan fingerprint density at radius 2 is 1.81 bits per heavy atom. The van der Waals surface area contributed by atoms with E-state index in [1.165, 1.54) is 27.8 Å². The number of aromatic nitrogens is 1. The molecule has 0 bridgehead atoms. The van der Waals surface area contributed by atoms with Gasteiger partial charge in [0.25, 0.3) is 0 Å². The molecule has 1 aromatic heterocycles. The molecule has 37 heavy (non-hydrogen) atoms. The first-order chi connectivity index (χ1) is 17.1. The summed E-state index contributed by atoms with van der Waals surface area (Å²) in [4.78, 5) is 22.1. The number of hydrogen-bond acceptors (Lipinski definition) is 7. The Labute approximate surface area is 231 Å². The molecule has 0 unspecified atom stereocenters. The van der Waals surface area contributed by atoms with Crippen molar-refractivity contribution < 1.29 is 22.3 Å². The molecule has 0 N–H and O–H groups in total. The number of thiazole rings is 1. The minimum Gasteiger partial charge on any atom is -0.494 e. The third-order valence-corrected chi connectivity index (χ3v) is 9.64. The Hall–Kier alpha value is -2.02. The number of sulfonamides is 1.